The first-order valence-electron chi connectivity index (χ1n) is 6.93. The maximum absolute atomic E-state index is 9.29. The predicted molar refractivity (Wildman–Crippen MR) is 96.2 cm³/mol. The van der Waals surface area contributed by atoms with E-state index >= 15 is 0 Å². The molecule has 6 heteroatoms. The molecule has 0 unspecified atom stereocenters. The molecular formula is C14H24IN3OS. The maximum Gasteiger partial charge on any atom is 0.191 e. The van der Waals surface area contributed by atoms with Crippen LogP contribution in [-0.2, 0) is 6.42 Å². The van der Waals surface area contributed by atoms with Crippen molar-refractivity contribution in [1.29, 1.82) is 0 Å². The Morgan fingerprint density at radius 2 is 2.25 bits per heavy atom. The third-order valence-electron chi connectivity index (χ3n) is 3.45. The van der Waals surface area contributed by atoms with Crippen LogP contribution in [0.25, 0.3) is 0 Å². The van der Waals surface area contributed by atoms with Gasteiger partial charge in [0, 0.05) is 23.4 Å². The molecule has 1 fully saturated rings. The van der Waals surface area contributed by atoms with Crippen LogP contribution >= 0.6 is 35.3 Å². The molecule has 1 aliphatic carbocycles. The fourth-order valence-electron chi connectivity index (χ4n) is 1.89. The third-order valence-corrected chi connectivity index (χ3v) is 4.39. The number of thiophene rings is 1. The molecule has 3 N–H and O–H groups in total. The van der Waals surface area contributed by atoms with E-state index in [1.54, 1.807) is 11.3 Å². The van der Waals surface area contributed by atoms with Crippen molar-refractivity contribution in [2.45, 2.75) is 26.2 Å². The van der Waals surface area contributed by atoms with Crippen molar-refractivity contribution >= 4 is 41.3 Å². The van der Waals surface area contributed by atoms with Crippen LogP contribution in [0.3, 0.4) is 0 Å². The Labute approximate surface area is 142 Å². The van der Waals surface area contributed by atoms with E-state index in [1.165, 1.54) is 4.88 Å². The molecule has 0 atom stereocenters. The second-order valence-corrected chi connectivity index (χ2v) is 6.14. The van der Waals surface area contributed by atoms with Crippen molar-refractivity contribution < 1.29 is 5.11 Å². The van der Waals surface area contributed by atoms with Gasteiger partial charge in [-0.2, -0.15) is 0 Å². The second-order valence-electron chi connectivity index (χ2n) is 5.11. The lowest BCUT2D eigenvalue weighted by molar-refractivity contribution is 0.217. The zero-order valence-corrected chi connectivity index (χ0v) is 15.0. The number of nitrogens with one attached hydrogen (secondary N) is 2. The van der Waals surface area contributed by atoms with Crippen LogP contribution in [-0.4, -0.2) is 37.3 Å². The Bertz CT molecular complexity index is 405. The van der Waals surface area contributed by atoms with Crippen LogP contribution in [0, 0.1) is 5.41 Å². The Morgan fingerprint density at radius 3 is 2.80 bits per heavy atom. The fraction of sp³-hybridized carbons (Fsp3) is 0.643. The molecule has 0 amide bonds. The number of aliphatic imine (C=N–C) groups is 1. The number of aliphatic hydroxyl groups excluding tert-OH is 1. The van der Waals surface area contributed by atoms with Gasteiger partial charge >= 0.3 is 0 Å². The first-order valence-corrected chi connectivity index (χ1v) is 7.81. The van der Waals surface area contributed by atoms with E-state index in [0.717, 1.165) is 44.9 Å². The normalized spacial score (nSPS) is 16.4. The quantitative estimate of drug-likeness (QED) is 0.368. The summed E-state index contributed by atoms with van der Waals surface area (Å²) in [6, 6.07) is 4.23. The van der Waals surface area contributed by atoms with Gasteiger partial charge in [-0.15, -0.1) is 35.3 Å². The highest BCUT2D eigenvalue weighted by Crippen LogP contribution is 2.45. The maximum atomic E-state index is 9.29. The molecule has 0 saturated heterocycles. The zero-order valence-electron chi connectivity index (χ0n) is 11.9. The highest BCUT2D eigenvalue weighted by molar-refractivity contribution is 14.0. The molecule has 0 bridgehead atoms. The average molecular weight is 409 g/mol. The summed E-state index contributed by atoms with van der Waals surface area (Å²) in [4.78, 5) is 5.96. The van der Waals surface area contributed by atoms with Crippen molar-refractivity contribution in [3.8, 4) is 0 Å². The minimum atomic E-state index is 0. The molecule has 1 aliphatic rings. The van der Waals surface area contributed by atoms with Gasteiger partial charge in [0.25, 0.3) is 0 Å². The second kappa shape index (κ2) is 8.84. The SMILES string of the molecule is CCNC(=NCC1(CO)CC1)NCCc1cccs1.I. The molecule has 0 aliphatic heterocycles. The lowest BCUT2D eigenvalue weighted by Gasteiger charge is -2.13. The summed E-state index contributed by atoms with van der Waals surface area (Å²) in [7, 11) is 0. The van der Waals surface area contributed by atoms with Gasteiger partial charge in [0.2, 0.25) is 0 Å². The van der Waals surface area contributed by atoms with Crippen LogP contribution < -0.4 is 10.6 Å². The molecule has 20 heavy (non-hydrogen) atoms. The van der Waals surface area contributed by atoms with Gasteiger partial charge in [-0.05, 0) is 37.6 Å². The van der Waals surface area contributed by atoms with Gasteiger partial charge in [-0.3, -0.25) is 4.99 Å². The van der Waals surface area contributed by atoms with Gasteiger partial charge in [-0.25, -0.2) is 0 Å². The predicted octanol–water partition coefficient (Wildman–Crippen LogP) is 2.24. The molecule has 0 radical (unpaired) electrons. The number of guanidine groups is 1. The van der Waals surface area contributed by atoms with Crippen LogP contribution in [0.4, 0.5) is 0 Å². The third kappa shape index (κ3) is 5.57. The van der Waals surface area contributed by atoms with Gasteiger partial charge in [0.05, 0.1) is 13.2 Å². The van der Waals surface area contributed by atoms with E-state index in [9.17, 15) is 5.11 Å². The van der Waals surface area contributed by atoms with Crippen LogP contribution in [0.2, 0.25) is 0 Å². The Kier molecular flexibility index (Phi) is 7.83. The average Bonchev–Trinajstić information content (AvgIpc) is 3.03. The van der Waals surface area contributed by atoms with Crippen molar-refractivity contribution in [3.05, 3.63) is 22.4 Å². The zero-order chi connectivity index (χ0) is 13.6. The van der Waals surface area contributed by atoms with Crippen LogP contribution in [0.1, 0.15) is 24.6 Å². The molecule has 1 heterocycles. The summed E-state index contributed by atoms with van der Waals surface area (Å²) in [5.74, 6) is 0.860. The minimum absolute atomic E-state index is 0. The first-order chi connectivity index (χ1) is 9.28. The minimum Gasteiger partial charge on any atom is -0.396 e. The number of hydrogen-bond donors (Lipinski definition) is 3. The van der Waals surface area contributed by atoms with Crippen molar-refractivity contribution in [2.75, 3.05) is 26.2 Å². The smallest absolute Gasteiger partial charge is 0.191 e. The standard InChI is InChI=1S/C14H23N3OS.HI/c1-2-15-13(17-10-14(11-18)6-7-14)16-8-5-12-4-3-9-19-12;/h3-4,9,18H,2,5-8,10-11H2,1H3,(H2,15,16,17);1H. The van der Waals surface area contributed by atoms with E-state index in [4.69, 9.17) is 0 Å². The summed E-state index contributed by atoms with van der Waals surface area (Å²) >= 11 is 1.79. The molecular weight excluding hydrogens is 385 g/mol. The number of nitrogens with zero attached hydrogens (tertiary/aromatic N) is 1. The number of halogens is 1. The van der Waals surface area contributed by atoms with E-state index in [2.05, 4.69) is 40.1 Å². The van der Waals surface area contributed by atoms with Gasteiger partial charge in [-0.1, -0.05) is 6.07 Å². The van der Waals surface area contributed by atoms with E-state index in [0.29, 0.717) is 0 Å². The van der Waals surface area contributed by atoms with E-state index in [-0.39, 0.29) is 36.0 Å². The molecule has 4 nitrogen and oxygen atoms in total. The molecule has 114 valence electrons. The summed E-state index contributed by atoms with van der Waals surface area (Å²) in [5.41, 5.74) is 0.0795. The Morgan fingerprint density at radius 1 is 1.45 bits per heavy atom. The molecule has 0 aromatic carbocycles. The van der Waals surface area contributed by atoms with Crippen molar-refractivity contribution in [1.82, 2.24) is 10.6 Å². The number of hydrogen-bond acceptors (Lipinski definition) is 3. The Hall–Kier alpha value is -0.340. The van der Waals surface area contributed by atoms with Gasteiger partial charge in [0.1, 0.15) is 0 Å². The van der Waals surface area contributed by atoms with E-state index in [1.807, 2.05) is 0 Å². The molecule has 1 saturated carbocycles. The first kappa shape index (κ1) is 17.7. The summed E-state index contributed by atoms with van der Waals surface area (Å²) in [5, 5.41) is 18.0. The van der Waals surface area contributed by atoms with E-state index < -0.39 is 0 Å². The lowest BCUT2D eigenvalue weighted by Crippen LogP contribution is -2.38. The van der Waals surface area contributed by atoms with Crippen molar-refractivity contribution in [3.63, 3.8) is 0 Å². The van der Waals surface area contributed by atoms with Crippen molar-refractivity contribution in [2.24, 2.45) is 10.4 Å². The topological polar surface area (TPSA) is 56.7 Å². The highest BCUT2D eigenvalue weighted by atomic mass is 127. The van der Waals surface area contributed by atoms with Gasteiger partial charge in [0.15, 0.2) is 5.96 Å². The van der Waals surface area contributed by atoms with Gasteiger partial charge < -0.3 is 15.7 Å². The monoisotopic (exact) mass is 409 g/mol. The van der Waals surface area contributed by atoms with Crippen LogP contribution in [0.5, 0.6) is 0 Å². The fourth-order valence-corrected chi connectivity index (χ4v) is 2.60. The molecule has 1 aromatic rings. The summed E-state index contributed by atoms with van der Waals surface area (Å²) in [6.07, 6.45) is 3.22. The molecule has 0 spiro atoms. The summed E-state index contributed by atoms with van der Waals surface area (Å²) in [6.45, 7) is 4.79. The molecule has 1 aromatic heterocycles. The lowest BCUT2D eigenvalue weighted by atomic mass is 10.1. The number of aliphatic hydroxyl groups is 1. The number of rotatable bonds is 7. The summed E-state index contributed by atoms with van der Waals surface area (Å²) < 4.78 is 0. The molecule has 2 rings (SSSR count). The largest absolute Gasteiger partial charge is 0.396 e. The highest BCUT2D eigenvalue weighted by Gasteiger charge is 2.41. The van der Waals surface area contributed by atoms with Crippen LogP contribution in [0.15, 0.2) is 22.5 Å². The Balaban J connectivity index is 0.00000200.